The summed E-state index contributed by atoms with van der Waals surface area (Å²) in [6, 6.07) is 0. The van der Waals surface area contributed by atoms with Gasteiger partial charge in [0, 0.05) is 32.4 Å². The predicted octanol–water partition coefficient (Wildman–Crippen LogP) is 0.482. The van der Waals surface area contributed by atoms with Gasteiger partial charge in [0.1, 0.15) is 0 Å². The molecule has 1 fully saturated rings. The van der Waals surface area contributed by atoms with Gasteiger partial charge in [0.2, 0.25) is 5.96 Å². The Morgan fingerprint density at radius 2 is 2.15 bits per heavy atom. The third-order valence-corrected chi connectivity index (χ3v) is 1.88. The van der Waals surface area contributed by atoms with E-state index >= 15 is 0 Å². The molecule has 0 bridgehead atoms. The minimum absolute atomic E-state index is 0.722. The van der Waals surface area contributed by atoms with E-state index in [0.29, 0.717) is 0 Å². The maximum Gasteiger partial charge on any atom is 0.224 e. The lowest BCUT2D eigenvalue weighted by Gasteiger charge is -2.27. The molecule has 1 aliphatic heterocycles. The molecule has 0 atom stereocenters. The topological polar surface area (TPSA) is 40.0 Å². The van der Waals surface area contributed by atoms with Gasteiger partial charge in [-0.3, -0.25) is 0 Å². The molecule has 1 N–H and O–H groups in total. The number of nitrogens with zero attached hydrogens (tertiary/aromatic N) is 3. The van der Waals surface area contributed by atoms with Crippen molar-refractivity contribution < 1.29 is 0 Å². The molecule has 0 aliphatic carbocycles. The smallest absolute Gasteiger partial charge is 0.224 e. The predicted molar refractivity (Wildman–Crippen MR) is 56.2 cm³/mol. The van der Waals surface area contributed by atoms with Crippen LogP contribution in [0.1, 0.15) is 6.92 Å². The zero-order valence-electron chi connectivity index (χ0n) is 8.03. The largest absolute Gasteiger partial charge is 0.338 e. The van der Waals surface area contributed by atoms with Crippen molar-refractivity contribution in [2.75, 3.05) is 26.2 Å². The second-order valence-corrected chi connectivity index (χ2v) is 2.81. The Hall–Kier alpha value is -1.16. The summed E-state index contributed by atoms with van der Waals surface area (Å²) < 4.78 is 0. The molecule has 0 saturated carbocycles. The maximum absolute atomic E-state index is 4.19. The lowest BCUT2D eigenvalue weighted by atomic mass is 10.4. The van der Waals surface area contributed by atoms with Gasteiger partial charge in [0.05, 0.1) is 0 Å². The highest BCUT2D eigenvalue weighted by molar-refractivity contribution is 5.84. The summed E-state index contributed by atoms with van der Waals surface area (Å²) in [4.78, 5) is 10.2. The van der Waals surface area contributed by atoms with Crippen LogP contribution in [0.3, 0.4) is 0 Å². The number of nitrogens with one attached hydrogen (secondary N) is 1. The third kappa shape index (κ3) is 2.99. The van der Waals surface area contributed by atoms with E-state index in [4.69, 9.17) is 0 Å². The molecule has 0 radical (unpaired) electrons. The van der Waals surface area contributed by atoms with Gasteiger partial charge in [-0.1, -0.05) is 6.08 Å². The van der Waals surface area contributed by atoms with Gasteiger partial charge >= 0.3 is 0 Å². The molecule has 0 amide bonds. The van der Waals surface area contributed by atoms with E-state index in [2.05, 4.69) is 26.9 Å². The van der Waals surface area contributed by atoms with Crippen molar-refractivity contribution in [1.29, 1.82) is 0 Å². The Morgan fingerprint density at radius 1 is 1.46 bits per heavy atom. The van der Waals surface area contributed by atoms with Gasteiger partial charge in [0.25, 0.3) is 0 Å². The molecular formula is C9H16N4. The average Bonchev–Trinajstić information content (AvgIpc) is 2.21. The fourth-order valence-corrected chi connectivity index (χ4v) is 1.23. The highest BCUT2D eigenvalue weighted by Crippen LogP contribution is 1.96. The number of aliphatic imine (C=N–C) groups is 2. The molecule has 1 rings (SSSR count). The highest BCUT2D eigenvalue weighted by atomic mass is 15.3. The SMILES string of the molecule is C=NC(=N/C=C\C)N1CCNCC1. The molecular weight excluding hydrogens is 164 g/mol. The summed E-state index contributed by atoms with van der Waals surface area (Å²) in [5.74, 6) is 0.722. The van der Waals surface area contributed by atoms with Crippen LogP contribution in [0.15, 0.2) is 22.3 Å². The van der Waals surface area contributed by atoms with Gasteiger partial charge in [-0.05, 0) is 13.6 Å². The van der Waals surface area contributed by atoms with Crippen LogP contribution in [0, 0.1) is 0 Å². The van der Waals surface area contributed by atoms with Crippen molar-refractivity contribution in [3.63, 3.8) is 0 Å². The summed E-state index contributed by atoms with van der Waals surface area (Å²) in [5, 5.41) is 3.27. The molecule has 0 aromatic carbocycles. The van der Waals surface area contributed by atoms with E-state index in [9.17, 15) is 0 Å². The Balaban J connectivity index is 2.58. The standard InChI is InChI=1S/C9H16N4/c1-3-4-12-9(10-2)13-7-5-11-6-8-13/h3-4,11H,2,5-8H2,1H3/b4-3-,12-9?. The van der Waals surface area contributed by atoms with E-state index in [1.54, 1.807) is 6.20 Å². The molecule has 72 valence electrons. The summed E-state index contributed by atoms with van der Waals surface area (Å²) in [6.45, 7) is 9.33. The summed E-state index contributed by atoms with van der Waals surface area (Å²) in [5.41, 5.74) is 0. The Morgan fingerprint density at radius 3 is 2.69 bits per heavy atom. The molecule has 0 aromatic heterocycles. The molecule has 4 heteroatoms. The van der Waals surface area contributed by atoms with Crippen LogP contribution in [0.25, 0.3) is 0 Å². The number of allylic oxidation sites excluding steroid dienone is 1. The van der Waals surface area contributed by atoms with Gasteiger partial charge in [0.15, 0.2) is 0 Å². The molecule has 13 heavy (non-hydrogen) atoms. The van der Waals surface area contributed by atoms with E-state index < -0.39 is 0 Å². The summed E-state index contributed by atoms with van der Waals surface area (Å²) >= 11 is 0. The molecule has 1 aliphatic rings. The first-order valence-electron chi connectivity index (χ1n) is 4.50. The summed E-state index contributed by atoms with van der Waals surface area (Å²) in [7, 11) is 0. The minimum atomic E-state index is 0.722. The van der Waals surface area contributed by atoms with Gasteiger partial charge in [-0.2, -0.15) is 0 Å². The van der Waals surface area contributed by atoms with Crippen molar-refractivity contribution in [3.05, 3.63) is 12.3 Å². The average molecular weight is 180 g/mol. The second kappa shape index (κ2) is 5.48. The number of piperazine rings is 1. The van der Waals surface area contributed by atoms with Crippen molar-refractivity contribution in [1.82, 2.24) is 10.2 Å². The first-order chi connectivity index (χ1) is 6.38. The first kappa shape index (κ1) is 9.92. The molecule has 4 nitrogen and oxygen atoms in total. The van der Waals surface area contributed by atoms with E-state index in [1.165, 1.54) is 0 Å². The van der Waals surface area contributed by atoms with Gasteiger partial charge in [-0.15, -0.1) is 0 Å². The normalized spacial score (nSPS) is 19.5. The summed E-state index contributed by atoms with van der Waals surface area (Å²) in [6.07, 6.45) is 3.62. The van der Waals surface area contributed by atoms with Crippen molar-refractivity contribution in [2.24, 2.45) is 9.98 Å². The Kier molecular flexibility index (Phi) is 4.18. The Bertz CT molecular complexity index is 214. The molecule has 0 aromatic rings. The van der Waals surface area contributed by atoms with E-state index in [0.717, 1.165) is 32.1 Å². The van der Waals surface area contributed by atoms with Crippen LogP contribution in [0.5, 0.6) is 0 Å². The van der Waals surface area contributed by atoms with Crippen LogP contribution in [0.4, 0.5) is 0 Å². The number of rotatable bonds is 1. The van der Waals surface area contributed by atoms with Crippen LogP contribution >= 0.6 is 0 Å². The maximum atomic E-state index is 4.19. The third-order valence-electron chi connectivity index (χ3n) is 1.88. The lowest BCUT2D eigenvalue weighted by Crippen LogP contribution is -2.45. The van der Waals surface area contributed by atoms with Crippen molar-refractivity contribution >= 4 is 12.7 Å². The van der Waals surface area contributed by atoms with Crippen LogP contribution < -0.4 is 5.32 Å². The zero-order chi connectivity index (χ0) is 9.52. The monoisotopic (exact) mass is 180 g/mol. The van der Waals surface area contributed by atoms with Gasteiger partial charge < -0.3 is 10.2 Å². The number of guanidine groups is 1. The lowest BCUT2D eigenvalue weighted by molar-refractivity contribution is 0.354. The van der Waals surface area contributed by atoms with Crippen LogP contribution in [0.2, 0.25) is 0 Å². The highest BCUT2D eigenvalue weighted by Gasteiger charge is 2.11. The van der Waals surface area contributed by atoms with Crippen molar-refractivity contribution in [2.45, 2.75) is 6.92 Å². The van der Waals surface area contributed by atoms with E-state index in [1.807, 2.05) is 13.0 Å². The first-order valence-corrected chi connectivity index (χ1v) is 4.50. The number of hydrogen-bond donors (Lipinski definition) is 1. The molecule has 0 spiro atoms. The molecule has 1 saturated heterocycles. The second-order valence-electron chi connectivity index (χ2n) is 2.81. The number of hydrogen-bond acceptors (Lipinski definition) is 2. The van der Waals surface area contributed by atoms with E-state index in [-0.39, 0.29) is 0 Å². The molecule has 1 heterocycles. The quantitative estimate of drug-likeness (QED) is 0.471. The Labute approximate surface area is 79.1 Å². The fourth-order valence-electron chi connectivity index (χ4n) is 1.23. The van der Waals surface area contributed by atoms with Crippen LogP contribution in [-0.4, -0.2) is 43.8 Å². The fraction of sp³-hybridized carbons (Fsp3) is 0.556. The molecule has 0 unspecified atom stereocenters. The zero-order valence-corrected chi connectivity index (χ0v) is 8.03. The van der Waals surface area contributed by atoms with Crippen molar-refractivity contribution in [3.8, 4) is 0 Å². The minimum Gasteiger partial charge on any atom is -0.338 e. The van der Waals surface area contributed by atoms with Crippen LogP contribution in [-0.2, 0) is 0 Å². The van der Waals surface area contributed by atoms with Gasteiger partial charge in [-0.25, -0.2) is 9.98 Å².